The van der Waals surface area contributed by atoms with Gasteiger partial charge in [-0.15, -0.1) is 0 Å². The minimum atomic E-state index is -1.47. The molecule has 2 N–H and O–H groups in total. The number of hydrogen-bond acceptors (Lipinski definition) is 7. The SMILES string of the molecule is O=C(O)c1cccc(N2C(=O)C3CC=C4C(CC5C(=O)N(c6cccc(Cl)c6)C(=O)C5(c5ccccc5)C4C4=COc5ccc(O)cc5C4)C3C2=O)c1. The maximum atomic E-state index is 15.4. The molecule has 3 fully saturated rings. The lowest BCUT2D eigenvalue weighted by atomic mass is 9.48. The Kier molecular flexibility index (Phi) is 7.46. The summed E-state index contributed by atoms with van der Waals surface area (Å²) < 4.78 is 6.17. The molecule has 5 aliphatic rings. The van der Waals surface area contributed by atoms with Crippen molar-refractivity contribution in [2.75, 3.05) is 9.80 Å². The number of anilines is 2. The smallest absolute Gasteiger partial charge is 0.335 e. The van der Waals surface area contributed by atoms with E-state index in [1.165, 1.54) is 35.2 Å². The van der Waals surface area contributed by atoms with E-state index in [1.54, 1.807) is 42.7 Å². The summed E-state index contributed by atoms with van der Waals surface area (Å²) in [5.41, 5.74) is 1.73. The van der Waals surface area contributed by atoms with Crippen LogP contribution in [0.5, 0.6) is 11.5 Å². The highest BCUT2D eigenvalue weighted by molar-refractivity contribution is 6.32. The number of carboxylic acid groups (broad SMARTS) is 1. The van der Waals surface area contributed by atoms with Crippen LogP contribution in [0.4, 0.5) is 11.4 Å². The van der Waals surface area contributed by atoms with Gasteiger partial charge in [-0.25, -0.2) is 9.69 Å². The van der Waals surface area contributed by atoms with Gasteiger partial charge in [-0.3, -0.25) is 24.1 Å². The molecule has 6 atom stereocenters. The third kappa shape index (κ3) is 4.74. The number of hydrogen-bond donors (Lipinski definition) is 2. The average Bonchev–Trinajstić information content (AvgIpc) is 3.55. The Morgan fingerprint density at radius 2 is 1.57 bits per heavy atom. The molecule has 3 aliphatic heterocycles. The van der Waals surface area contributed by atoms with Gasteiger partial charge in [0.2, 0.25) is 23.6 Å². The molecule has 4 aromatic rings. The largest absolute Gasteiger partial charge is 0.508 e. The normalized spacial score (nSPS) is 27.3. The highest BCUT2D eigenvalue weighted by Crippen LogP contribution is 2.64. The molecule has 3 heterocycles. The summed E-state index contributed by atoms with van der Waals surface area (Å²) in [4.78, 5) is 73.1. The van der Waals surface area contributed by atoms with Gasteiger partial charge in [0.25, 0.3) is 0 Å². The molecule has 4 aromatic carbocycles. The van der Waals surface area contributed by atoms with Crippen molar-refractivity contribution in [2.24, 2.45) is 29.6 Å². The molecule has 264 valence electrons. The van der Waals surface area contributed by atoms with Crippen LogP contribution >= 0.6 is 11.6 Å². The number of aromatic hydroxyl groups is 1. The van der Waals surface area contributed by atoms with Gasteiger partial charge in [-0.2, -0.15) is 0 Å². The van der Waals surface area contributed by atoms with Crippen LogP contribution in [0.3, 0.4) is 0 Å². The van der Waals surface area contributed by atoms with Crippen LogP contribution in [0.15, 0.2) is 121 Å². The number of allylic oxidation sites excluding steroid dienone is 3. The number of nitrogens with zero attached hydrogens (tertiary/aromatic N) is 2. The lowest BCUT2D eigenvalue weighted by Gasteiger charge is -2.51. The summed E-state index contributed by atoms with van der Waals surface area (Å²) >= 11 is 6.40. The van der Waals surface area contributed by atoms with Gasteiger partial charge in [0.15, 0.2) is 0 Å². The number of benzene rings is 4. The molecular formula is C42H31ClN2O8. The Morgan fingerprint density at radius 1 is 0.811 bits per heavy atom. The number of halogens is 1. The van der Waals surface area contributed by atoms with E-state index in [4.69, 9.17) is 16.3 Å². The van der Waals surface area contributed by atoms with E-state index in [-0.39, 0.29) is 36.3 Å². The second kappa shape index (κ2) is 12.0. The Balaban J connectivity index is 1.24. The third-order valence-corrected chi connectivity index (χ3v) is 11.9. The number of carboxylic acids is 1. The number of carbonyl (C=O) groups is 5. The quantitative estimate of drug-likeness (QED) is 0.176. The van der Waals surface area contributed by atoms with Crippen molar-refractivity contribution in [1.82, 2.24) is 0 Å². The van der Waals surface area contributed by atoms with E-state index in [1.807, 2.05) is 36.4 Å². The first-order valence-electron chi connectivity index (χ1n) is 17.4. The number of phenolic OH excluding ortho intramolecular Hbond substituents is 1. The fraction of sp³-hybridized carbons (Fsp3) is 0.214. The van der Waals surface area contributed by atoms with Gasteiger partial charge in [0, 0.05) is 22.9 Å². The van der Waals surface area contributed by atoms with Crippen LogP contribution in [-0.4, -0.2) is 39.8 Å². The zero-order valence-electron chi connectivity index (χ0n) is 28.0. The Hall–Kier alpha value is -6.00. The van der Waals surface area contributed by atoms with Gasteiger partial charge in [0.05, 0.1) is 46.4 Å². The van der Waals surface area contributed by atoms with Crippen LogP contribution < -0.4 is 14.5 Å². The first-order chi connectivity index (χ1) is 25.6. The summed E-state index contributed by atoms with van der Waals surface area (Å²) in [5.74, 6) is -6.35. The number of fused-ring (bicyclic) bond motifs is 5. The van der Waals surface area contributed by atoms with Gasteiger partial charge in [-0.05, 0) is 84.5 Å². The maximum Gasteiger partial charge on any atom is 0.335 e. The first-order valence-corrected chi connectivity index (χ1v) is 17.8. The van der Waals surface area contributed by atoms with Crippen LogP contribution in [-0.2, 0) is 31.0 Å². The number of ether oxygens (including phenoxy) is 1. The van der Waals surface area contributed by atoms with Crippen molar-refractivity contribution in [1.29, 1.82) is 0 Å². The molecule has 6 unspecified atom stereocenters. The lowest BCUT2D eigenvalue weighted by molar-refractivity contribution is -0.128. The molecule has 0 radical (unpaired) electrons. The molecule has 11 heteroatoms. The summed E-state index contributed by atoms with van der Waals surface area (Å²) in [6.45, 7) is 0. The summed E-state index contributed by atoms with van der Waals surface area (Å²) in [5, 5.41) is 20.4. The van der Waals surface area contributed by atoms with Crippen molar-refractivity contribution >= 4 is 52.6 Å². The average molecular weight is 727 g/mol. The molecule has 0 aromatic heterocycles. The van der Waals surface area contributed by atoms with E-state index >= 15 is 4.79 Å². The van der Waals surface area contributed by atoms with Crippen LogP contribution in [0.1, 0.15) is 34.3 Å². The van der Waals surface area contributed by atoms with E-state index in [0.29, 0.717) is 33.2 Å². The van der Waals surface area contributed by atoms with Gasteiger partial charge < -0.3 is 14.9 Å². The molecule has 53 heavy (non-hydrogen) atoms. The van der Waals surface area contributed by atoms with Crippen LogP contribution in [0, 0.1) is 29.6 Å². The van der Waals surface area contributed by atoms with Crippen molar-refractivity contribution in [3.8, 4) is 11.5 Å². The molecule has 0 bridgehead atoms. The Bertz CT molecular complexity index is 2350. The third-order valence-electron chi connectivity index (χ3n) is 11.7. The summed E-state index contributed by atoms with van der Waals surface area (Å²) in [6, 6.07) is 26.3. The number of carbonyl (C=O) groups excluding carboxylic acids is 4. The number of imide groups is 2. The molecule has 4 amide bonds. The van der Waals surface area contributed by atoms with Gasteiger partial charge in [0.1, 0.15) is 11.5 Å². The first kappa shape index (κ1) is 32.9. The van der Waals surface area contributed by atoms with E-state index < -0.39 is 64.6 Å². The van der Waals surface area contributed by atoms with Crippen molar-refractivity contribution < 1.29 is 38.9 Å². The fourth-order valence-corrected chi connectivity index (χ4v) is 9.78. The zero-order chi connectivity index (χ0) is 36.8. The molecule has 9 rings (SSSR count). The second-order valence-electron chi connectivity index (χ2n) is 14.2. The van der Waals surface area contributed by atoms with E-state index in [0.717, 1.165) is 10.5 Å². The topological polar surface area (TPSA) is 142 Å². The molecular weight excluding hydrogens is 696 g/mol. The number of rotatable bonds is 5. The minimum absolute atomic E-state index is 0.0480. The van der Waals surface area contributed by atoms with Crippen molar-refractivity contribution in [3.05, 3.63) is 142 Å². The predicted octanol–water partition coefficient (Wildman–Crippen LogP) is 6.46. The Morgan fingerprint density at radius 3 is 2.32 bits per heavy atom. The van der Waals surface area contributed by atoms with Crippen LogP contribution in [0.2, 0.25) is 5.02 Å². The fourth-order valence-electron chi connectivity index (χ4n) is 9.59. The Labute approximate surface area is 308 Å². The lowest BCUT2D eigenvalue weighted by Crippen LogP contribution is -2.55. The molecule has 1 saturated carbocycles. The zero-order valence-corrected chi connectivity index (χ0v) is 28.8. The van der Waals surface area contributed by atoms with Gasteiger partial charge >= 0.3 is 5.97 Å². The molecule has 2 saturated heterocycles. The highest BCUT2D eigenvalue weighted by Gasteiger charge is 2.70. The van der Waals surface area contributed by atoms with E-state index in [2.05, 4.69) is 0 Å². The van der Waals surface area contributed by atoms with Crippen molar-refractivity contribution in [2.45, 2.75) is 24.7 Å². The standard InChI is InChI=1S/C42H31ClN2O8/c43-26-9-5-11-28(19-26)45-38(48)33-20-32-30(13-14-31-35(32)39(49)44(37(31)47)27-10-4-6-22(17-27)40(50)51)36(42(33,41(45)52)25-7-2-1-3-8-25)24-16-23-18-29(46)12-15-34(23)53-21-24/h1-13,15,17-19,21,31-33,35-36,46H,14,16,20H2,(H,50,51). The number of amides is 4. The molecule has 0 spiro atoms. The number of phenols is 1. The second-order valence-corrected chi connectivity index (χ2v) is 14.7. The maximum absolute atomic E-state index is 15.4. The summed E-state index contributed by atoms with van der Waals surface area (Å²) in [6.07, 6.45) is 4.17. The monoisotopic (exact) mass is 726 g/mol. The highest BCUT2D eigenvalue weighted by atomic mass is 35.5. The summed E-state index contributed by atoms with van der Waals surface area (Å²) in [7, 11) is 0. The van der Waals surface area contributed by atoms with Crippen LogP contribution in [0.25, 0.3) is 0 Å². The molecule has 2 aliphatic carbocycles. The minimum Gasteiger partial charge on any atom is -0.508 e. The van der Waals surface area contributed by atoms with Crippen molar-refractivity contribution in [3.63, 3.8) is 0 Å². The molecule has 10 nitrogen and oxygen atoms in total. The van der Waals surface area contributed by atoms with E-state index in [9.17, 15) is 29.4 Å². The predicted molar refractivity (Wildman–Crippen MR) is 193 cm³/mol. The number of aromatic carboxylic acids is 1. The van der Waals surface area contributed by atoms with Gasteiger partial charge in [-0.1, -0.05) is 65.7 Å².